The van der Waals surface area contributed by atoms with Gasteiger partial charge in [0.15, 0.2) is 0 Å². The van der Waals surface area contributed by atoms with E-state index in [0.29, 0.717) is 18.1 Å². The molecule has 1 unspecified atom stereocenters. The van der Waals surface area contributed by atoms with E-state index in [1.54, 1.807) is 12.4 Å². The fourth-order valence-corrected chi connectivity index (χ4v) is 5.01. The number of ether oxygens (including phenoxy) is 1. The molecule has 1 aromatic heterocycles. The molecule has 0 N–H and O–H groups in total. The normalized spacial score (nSPS) is 24.2. The molecule has 0 bridgehead atoms. The van der Waals surface area contributed by atoms with E-state index in [2.05, 4.69) is 26.9 Å². The van der Waals surface area contributed by atoms with Crippen molar-refractivity contribution in [3.8, 4) is 0 Å². The Morgan fingerprint density at radius 2 is 1.97 bits per heavy atom. The summed E-state index contributed by atoms with van der Waals surface area (Å²) < 4.78 is 6.54. The third-order valence-corrected chi connectivity index (χ3v) is 6.59. The molecule has 3 saturated heterocycles. The fourth-order valence-electron chi connectivity index (χ4n) is 4.77. The van der Waals surface area contributed by atoms with Gasteiger partial charge in [-0.25, -0.2) is 0 Å². The summed E-state index contributed by atoms with van der Waals surface area (Å²) in [5, 5.41) is 0.681. The van der Waals surface area contributed by atoms with Gasteiger partial charge in [-0.3, -0.25) is 14.7 Å². The molecular formula is C22H25ClN4O2. The predicted octanol–water partition coefficient (Wildman–Crippen LogP) is 2.77. The minimum atomic E-state index is -0.237. The van der Waals surface area contributed by atoms with Gasteiger partial charge in [0.25, 0.3) is 0 Å². The van der Waals surface area contributed by atoms with Crippen LogP contribution < -0.4 is 4.90 Å². The van der Waals surface area contributed by atoms with Gasteiger partial charge in [-0.1, -0.05) is 41.9 Å². The number of amides is 1. The molecule has 0 saturated carbocycles. The molecule has 1 aromatic carbocycles. The third-order valence-electron chi connectivity index (χ3n) is 6.30. The van der Waals surface area contributed by atoms with E-state index in [-0.39, 0.29) is 17.7 Å². The average molecular weight is 413 g/mol. The topological polar surface area (TPSA) is 48.9 Å². The molecule has 1 atom stereocenters. The van der Waals surface area contributed by atoms with Crippen LogP contribution in [0.1, 0.15) is 18.4 Å². The minimum Gasteiger partial charge on any atom is -0.370 e. The van der Waals surface area contributed by atoms with Gasteiger partial charge in [0, 0.05) is 38.6 Å². The maximum Gasteiger partial charge on any atom is 0.238 e. The van der Waals surface area contributed by atoms with E-state index in [9.17, 15) is 4.79 Å². The van der Waals surface area contributed by atoms with Crippen LogP contribution in [0, 0.1) is 0 Å². The number of hydrogen-bond acceptors (Lipinski definition) is 5. The number of hydrogen-bond donors (Lipinski definition) is 0. The van der Waals surface area contributed by atoms with E-state index in [1.807, 2.05) is 29.2 Å². The van der Waals surface area contributed by atoms with E-state index in [0.717, 1.165) is 44.7 Å². The van der Waals surface area contributed by atoms with Crippen LogP contribution in [-0.2, 0) is 16.1 Å². The Hall–Kier alpha value is -2.15. The summed E-state index contributed by atoms with van der Waals surface area (Å²) in [5.74, 6) is 0.175. The minimum absolute atomic E-state index is 0.143. The van der Waals surface area contributed by atoms with Crippen molar-refractivity contribution in [2.45, 2.75) is 31.2 Å². The number of aromatic nitrogens is 1. The molecule has 4 heterocycles. The van der Waals surface area contributed by atoms with E-state index < -0.39 is 0 Å². The van der Waals surface area contributed by atoms with Crippen molar-refractivity contribution in [2.24, 2.45) is 0 Å². The van der Waals surface area contributed by atoms with Crippen molar-refractivity contribution in [3.63, 3.8) is 0 Å². The molecule has 3 fully saturated rings. The number of nitrogens with zero attached hydrogens (tertiary/aromatic N) is 4. The summed E-state index contributed by atoms with van der Waals surface area (Å²) in [7, 11) is 0. The highest BCUT2D eigenvalue weighted by Gasteiger charge is 2.50. The standard InChI is InChI=1S/C22H25ClN4O2/c23-18-12-24-9-6-19(18)26-10-7-22(8-11-26)16-27-20(28)14-25(15-21(27)29-22)13-17-4-2-1-3-5-17/h1-6,9,12,21H,7-8,10-11,13-16H2. The van der Waals surface area contributed by atoms with Crippen molar-refractivity contribution in [2.75, 3.05) is 37.6 Å². The van der Waals surface area contributed by atoms with Gasteiger partial charge in [-0.05, 0) is 24.5 Å². The van der Waals surface area contributed by atoms with Crippen LogP contribution in [0.4, 0.5) is 5.69 Å². The Morgan fingerprint density at radius 3 is 2.72 bits per heavy atom. The molecule has 3 aliphatic heterocycles. The van der Waals surface area contributed by atoms with Crippen LogP contribution in [-0.4, -0.2) is 65.2 Å². The number of pyridine rings is 1. The Balaban J connectivity index is 1.24. The number of fused-ring (bicyclic) bond motifs is 1. The lowest BCUT2D eigenvalue weighted by Gasteiger charge is -2.39. The first-order valence-electron chi connectivity index (χ1n) is 10.2. The Bertz CT molecular complexity index is 885. The number of halogens is 1. The van der Waals surface area contributed by atoms with Crippen molar-refractivity contribution < 1.29 is 9.53 Å². The molecule has 152 valence electrons. The molecule has 5 rings (SSSR count). The number of carbonyl (C=O) groups excluding carboxylic acids is 1. The first-order chi connectivity index (χ1) is 14.1. The SMILES string of the molecule is O=C1CN(Cc2ccccc2)CC2OC3(CCN(c4ccncc4Cl)CC3)CN12. The first kappa shape index (κ1) is 18.9. The summed E-state index contributed by atoms with van der Waals surface area (Å²) >= 11 is 6.32. The van der Waals surface area contributed by atoms with Gasteiger partial charge in [-0.2, -0.15) is 0 Å². The Kier molecular flexibility index (Phi) is 4.94. The Morgan fingerprint density at radius 1 is 1.17 bits per heavy atom. The van der Waals surface area contributed by atoms with Gasteiger partial charge in [0.05, 0.1) is 29.4 Å². The molecule has 29 heavy (non-hydrogen) atoms. The van der Waals surface area contributed by atoms with Crippen molar-refractivity contribution in [1.82, 2.24) is 14.8 Å². The van der Waals surface area contributed by atoms with Gasteiger partial charge in [0.1, 0.15) is 6.23 Å². The van der Waals surface area contributed by atoms with E-state index >= 15 is 0 Å². The number of benzene rings is 1. The number of anilines is 1. The molecule has 3 aliphatic rings. The summed E-state index contributed by atoms with van der Waals surface area (Å²) in [6.45, 7) is 4.44. The van der Waals surface area contributed by atoms with Crippen LogP contribution in [0.5, 0.6) is 0 Å². The largest absolute Gasteiger partial charge is 0.370 e. The molecule has 7 heteroatoms. The lowest BCUT2D eigenvalue weighted by molar-refractivity contribution is -0.149. The zero-order valence-electron chi connectivity index (χ0n) is 16.3. The second kappa shape index (κ2) is 7.59. The highest BCUT2D eigenvalue weighted by molar-refractivity contribution is 6.33. The predicted molar refractivity (Wildman–Crippen MR) is 112 cm³/mol. The van der Waals surface area contributed by atoms with Gasteiger partial charge in [0.2, 0.25) is 5.91 Å². The monoisotopic (exact) mass is 412 g/mol. The molecular weight excluding hydrogens is 388 g/mol. The third kappa shape index (κ3) is 3.72. The summed E-state index contributed by atoms with van der Waals surface area (Å²) in [4.78, 5) is 23.3. The number of piperidine rings is 1. The highest BCUT2D eigenvalue weighted by atomic mass is 35.5. The summed E-state index contributed by atoms with van der Waals surface area (Å²) in [6, 6.07) is 12.3. The zero-order chi connectivity index (χ0) is 19.8. The smallest absolute Gasteiger partial charge is 0.238 e. The number of piperazine rings is 1. The van der Waals surface area contributed by atoms with Crippen LogP contribution in [0.2, 0.25) is 5.02 Å². The van der Waals surface area contributed by atoms with Gasteiger partial charge < -0.3 is 14.5 Å². The van der Waals surface area contributed by atoms with E-state index in [1.165, 1.54) is 5.56 Å². The van der Waals surface area contributed by atoms with E-state index in [4.69, 9.17) is 16.3 Å². The fraction of sp³-hybridized carbons (Fsp3) is 0.455. The van der Waals surface area contributed by atoms with Crippen molar-refractivity contribution >= 4 is 23.2 Å². The Labute approximate surface area is 176 Å². The molecule has 6 nitrogen and oxygen atoms in total. The molecule has 1 spiro atoms. The van der Waals surface area contributed by atoms with Crippen LogP contribution in [0.3, 0.4) is 0 Å². The number of rotatable bonds is 3. The highest BCUT2D eigenvalue weighted by Crippen LogP contribution is 2.39. The second-order valence-corrected chi connectivity index (χ2v) is 8.65. The van der Waals surface area contributed by atoms with Gasteiger partial charge in [-0.15, -0.1) is 0 Å². The number of carbonyl (C=O) groups is 1. The maximum absolute atomic E-state index is 12.8. The maximum atomic E-state index is 12.8. The summed E-state index contributed by atoms with van der Waals surface area (Å²) in [6.07, 6.45) is 5.11. The lowest BCUT2D eigenvalue weighted by atomic mass is 9.91. The summed E-state index contributed by atoms with van der Waals surface area (Å²) in [5.41, 5.74) is 2.01. The first-order valence-corrected chi connectivity index (χ1v) is 10.6. The molecule has 2 aromatic rings. The quantitative estimate of drug-likeness (QED) is 0.775. The molecule has 0 radical (unpaired) electrons. The average Bonchev–Trinajstić information content (AvgIpc) is 3.08. The van der Waals surface area contributed by atoms with Crippen LogP contribution >= 0.6 is 11.6 Å². The second-order valence-electron chi connectivity index (χ2n) is 8.25. The van der Waals surface area contributed by atoms with Crippen molar-refractivity contribution in [1.29, 1.82) is 0 Å². The molecule has 0 aliphatic carbocycles. The van der Waals surface area contributed by atoms with Crippen LogP contribution in [0.25, 0.3) is 0 Å². The van der Waals surface area contributed by atoms with Gasteiger partial charge >= 0.3 is 0 Å². The lowest BCUT2D eigenvalue weighted by Crippen LogP contribution is -2.53. The van der Waals surface area contributed by atoms with Crippen LogP contribution in [0.15, 0.2) is 48.8 Å². The zero-order valence-corrected chi connectivity index (χ0v) is 17.1. The van der Waals surface area contributed by atoms with Crippen molar-refractivity contribution in [3.05, 3.63) is 59.4 Å². The molecule has 1 amide bonds.